The van der Waals surface area contributed by atoms with Gasteiger partial charge in [0.1, 0.15) is 6.10 Å². The summed E-state index contributed by atoms with van der Waals surface area (Å²) in [6.07, 6.45) is 1.97. The molecule has 19 heavy (non-hydrogen) atoms. The smallest absolute Gasteiger partial charge is 0.328 e. The third-order valence-corrected chi connectivity index (χ3v) is 2.77. The van der Waals surface area contributed by atoms with Gasteiger partial charge in [0.2, 0.25) is 5.91 Å². The molecule has 0 spiro atoms. The number of hydrogen-bond donors (Lipinski definition) is 2. The molecule has 1 aliphatic rings. The van der Waals surface area contributed by atoms with Crippen LogP contribution in [0.4, 0.5) is 0 Å². The molecule has 0 aliphatic carbocycles. The Labute approximate surface area is 113 Å². The molecule has 1 saturated heterocycles. The van der Waals surface area contributed by atoms with Crippen LogP contribution >= 0.6 is 0 Å². The summed E-state index contributed by atoms with van der Waals surface area (Å²) in [6, 6.07) is -1.04. The summed E-state index contributed by atoms with van der Waals surface area (Å²) in [4.78, 5) is 23.0. The lowest BCUT2D eigenvalue weighted by Gasteiger charge is -2.26. The SMILES string of the molecule is CC(C)(C)OC[C@H](NC(=O)C1CCCCO1)C(=O)O. The second-order valence-corrected chi connectivity index (χ2v) is 5.68. The van der Waals surface area contributed by atoms with E-state index < -0.39 is 23.7 Å². The minimum Gasteiger partial charge on any atom is -0.480 e. The van der Waals surface area contributed by atoms with Crippen LogP contribution in [0.15, 0.2) is 0 Å². The van der Waals surface area contributed by atoms with Gasteiger partial charge in [0, 0.05) is 6.61 Å². The summed E-state index contributed by atoms with van der Waals surface area (Å²) in [6.45, 7) is 5.99. The minimum atomic E-state index is -1.10. The molecule has 1 aliphatic heterocycles. The molecule has 1 rings (SSSR count). The number of carbonyl (C=O) groups excluding carboxylic acids is 1. The van der Waals surface area contributed by atoms with Crippen molar-refractivity contribution in [3.63, 3.8) is 0 Å². The van der Waals surface area contributed by atoms with E-state index in [9.17, 15) is 9.59 Å². The molecule has 1 amide bonds. The molecule has 0 aromatic rings. The highest BCUT2D eigenvalue weighted by molar-refractivity contribution is 5.86. The lowest BCUT2D eigenvalue weighted by Crippen LogP contribution is -2.50. The molecule has 0 radical (unpaired) electrons. The van der Waals surface area contributed by atoms with Crippen molar-refractivity contribution < 1.29 is 24.2 Å². The normalized spacial score (nSPS) is 21.7. The minimum absolute atomic E-state index is 0.0582. The van der Waals surface area contributed by atoms with Gasteiger partial charge in [0.15, 0.2) is 6.04 Å². The molecule has 0 aromatic heterocycles. The van der Waals surface area contributed by atoms with Gasteiger partial charge in [-0.3, -0.25) is 4.79 Å². The van der Waals surface area contributed by atoms with E-state index in [-0.39, 0.29) is 12.5 Å². The van der Waals surface area contributed by atoms with Gasteiger partial charge >= 0.3 is 5.97 Å². The fourth-order valence-electron chi connectivity index (χ4n) is 1.72. The molecular formula is C13H23NO5. The first kappa shape index (κ1) is 15.9. The van der Waals surface area contributed by atoms with Gasteiger partial charge in [-0.25, -0.2) is 4.79 Å². The van der Waals surface area contributed by atoms with Crippen LogP contribution in [0.3, 0.4) is 0 Å². The Balaban J connectivity index is 2.48. The van der Waals surface area contributed by atoms with Crippen LogP contribution in [0.2, 0.25) is 0 Å². The van der Waals surface area contributed by atoms with Gasteiger partial charge in [0.05, 0.1) is 12.2 Å². The van der Waals surface area contributed by atoms with E-state index in [2.05, 4.69) is 5.32 Å². The van der Waals surface area contributed by atoms with Crippen molar-refractivity contribution in [3.05, 3.63) is 0 Å². The van der Waals surface area contributed by atoms with Crippen LogP contribution in [0.5, 0.6) is 0 Å². The highest BCUT2D eigenvalue weighted by Gasteiger charge is 2.28. The maximum atomic E-state index is 11.9. The molecule has 110 valence electrons. The van der Waals surface area contributed by atoms with Crippen LogP contribution in [-0.2, 0) is 19.1 Å². The number of carbonyl (C=O) groups is 2. The number of ether oxygens (including phenoxy) is 2. The Hall–Kier alpha value is -1.14. The summed E-state index contributed by atoms with van der Waals surface area (Å²) < 4.78 is 10.7. The van der Waals surface area contributed by atoms with Crippen molar-refractivity contribution in [1.29, 1.82) is 0 Å². The maximum absolute atomic E-state index is 11.9. The van der Waals surface area contributed by atoms with Crippen LogP contribution in [0.1, 0.15) is 40.0 Å². The quantitative estimate of drug-likeness (QED) is 0.778. The second kappa shape index (κ2) is 6.86. The highest BCUT2D eigenvalue weighted by Crippen LogP contribution is 2.13. The Kier molecular flexibility index (Phi) is 5.75. The zero-order chi connectivity index (χ0) is 14.5. The van der Waals surface area contributed by atoms with E-state index in [0.717, 1.165) is 12.8 Å². The summed E-state index contributed by atoms with van der Waals surface area (Å²) in [7, 11) is 0. The molecule has 6 nitrogen and oxygen atoms in total. The van der Waals surface area contributed by atoms with Crippen molar-refractivity contribution in [3.8, 4) is 0 Å². The molecule has 2 N–H and O–H groups in total. The zero-order valence-corrected chi connectivity index (χ0v) is 11.8. The fourth-order valence-corrected chi connectivity index (χ4v) is 1.72. The Bertz CT molecular complexity index is 317. The third kappa shape index (κ3) is 6.02. The van der Waals surface area contributed by atoms with E-state index in [0.29, 0.717) is 13.0 Å². The number of hydrogen-bond acceptors (Lipinski definition) is 4. The number of rotatable bonds is 5. The van der Waals surface area contributed by atoms with Gasteiger partial charge in [-0.1, -0.05) is 0 Å². The first-order valence-electron chi connectivity index (χ1n) is 6.58. The number of carboxylic acid groups (broad SMARTS) is 1. The Morgan fingerprint density at radius 1 is 1.42 bits per heavy atom. The first-order chi connectivity index (χ1) is 8.79. The summed E-state index contributed by atoms with van der Waals surface area (Å²) in [5.74, 6) is -1.47. The van der Waals surface area contributed by atoms with Crippen LogP contribution in [-0.4, -0.2) is 47.9 Å². The van der Waals surface area contributed by atoms with Gasteiger partial charge in [-0.2, -0.15) is 0 Å². The molecule has 2 atom stereocenters. The van der Waals surface area contributed by atoms with Crippen molar-refractivity contribution in [2.45, 2.75) is 57.8 Å². The van der Waals surface area contributed by atoms with Crippen molar-refractivity contribution in [1.82, 2.24) is 5.32 Å². The third-order valence-electron chi connectivity index (χ3n) is 2.77. The van der Waals surface area contributed by atoms with Gasteiger partial charge in [0.25, 0.3) is 0 Å². The number of amides is 1. The molecule has 0 saturated carbocycles. The summed E-state index contributed by atoms with van der Waals surface area (Å²) >= 11 is 0. The second-order valence-electron chi connectivity index (χ2n) is 5.68. The molecule has 1 heterocycles. The molecule has 0 bridgehead atoms. The van der Waals surface area contributed by atoms with Gasteiger partial charge in [-0.05, 0) is 40.0 Å². The van der Waals surface area contributed by atoms with Crippen molar-refractivity contribution in [2.24, 2.45) is 0 Å². The Morgan fingerprint density at radius 2 is 2.11 bits per heavy atom. The molecule has 0 aromatic carbocycles. The fraction of sp³-hybridized carbons (Fsp3) is 0.846. The molecular weight excluding hydrogens is 250 g/mol. The summed E-state index contributed by atoms with van der Waals surface area (Å²) in [5.41, 5.74) is -0.445. The number of carboxylic acids is 1. The van der Waals surface area contributed by atoms with Crippen LogP contribution < -0.4 is 5.32 Å². The van der Waals surface area contributed by atoms with Gasteiger partial charge in [-0.15, -0.1) is 0 Å². The average molecular weight is 273 g/mol. The monoisotopic (exact) mass is 273 g/mol. The standard InChI is InChI=1S/C13H23NO5/c1-13(2,3)19-8-9(12(16)17)14-11(15)10-6-4-5-7-18-10/h9-10H,4-8H2,1-3H3,(H,14,15)(H,16,17)/t9-,10?/m0/s1. The molecule has 1 fully saturated rings. The first-order valence-corrected chi connectivity index (χ1v) is 6.58. The Morgan fingerprint density at radius 3 is 2.58 bits per heavy atom. The van der Waals surface area contributed by atoms with Crippen molar-refractivity contribution >= 4 is 11.9 Å². The van der Waals surface area contributed by atoms with Crippen molar-refractivity contribution in [2.75, 3.05) is 13.2 Å². The van der Waals surface area contributed by atoms with E-state index in [4.69, 9.17) is 14.6 Å². The largest absolute Gasteiger partial charge is 0.480 e. The molecule has 1 unspecified atom stereocenters. The predicted octanol–water partition coefficient (Wildman–Crippen LogP) is 0.940. The van der Waals surface area contributed by atoms with E-state index in [1.807, 2.05) is 20.8 Å². The summed E-state index contributed by atoms with van der Waals surface area (Å²) in [5, 5.41) is 11.6. The predicted molar refractivity (Wildman–Crippen MR) is 68.9 cm³/mol. The number of aliphatic carboxylic acids is 1. The highest BCUT2D eigenvalue weighted by atomic mass is 16.5. The van der Waals surface area contributed by atoms with E-state index in [1.54, 1.807) is 0 Å². The lowest BCUT2D eigenvalue weighted by atomic mass is 10.1. The molecule has 6 heteroatoms. The van der Waals surface area contributed by atoms with E-state index in [1.165, 1.54) is 0 Å². The van der Waals surface area contributed by atoms with Gasteiger partial charge < -0.3 is 19.9 Å². The average Bonchev–Trinajstić information content (AvgIpc) is 2.33. The topological polar surface area (TPSA) is 84.9 Å². The zero-order valence-electron chi connectivity index (χ0n) is 11.8. The lowest BCUT2D eigenvalue weighted by molar-refractivity contribution is -0.148. The van der Waals surface area contributed by atoms with E-state index >= 15 is 0 Å². The van der Waals surface area contributed by atoms with Crippen LogP contribution in [0.25, 0.3) is 0 Å². The van der Waals surface area contributed by atoms with Crippen LogP contribution in [0, 0.1) is 0 Å². The number of nitrogens with one attached hydrogen (secondary N) is 1. The maximum Gasteiger partial charge on any atom is 0.328 e.